The van der Waals surface area contributed by atoms with Crippen LogP contribution in [0.1, 0.15) is 13.0 Å². The third-order valence-corrected chi connectivity index (χ3v) is 8.58. The first-order valence-corrected chi connectivity index (χ1v) is 13.9. The largest absolute Gasteiger partial charge is 0.504 e. The van der Waals surface area contributed by atoms with Crippen molar-refractivity contribution < 1.29 is 19.0 Å². The highest BCUT2D eigenvalue weighted by molar-refractivity contribution is 7.15. The van der Waals surface area contributed by atoms with Gasteiger partial charge in [0.05, 0.1) is 35.3 Å². The molecule has 7 rings (SSSR count). The summed E-state index contributed by atoms with van der Waals surface area (Å²) in [6, 6.07) is 6.30. The number of hydrogen-bond donors (Lipinski definition) is 1. The summed E-state index contributed by atoms with van der Waals surface area (Å²) in [6.45, 7) is 5.36. The monoisotopic (exact) mass is 562 g/mol. The van der Waals surface area contributed by atoms with E-state index < -0.39 is 5.82 Å². The van der Waals surface area contributed by atoms with E-state index in [-0.39, 0.29) is 28.4 Å². The molecule has 0 spiro atoms. The van der Waals surface area contributed by atoms with E-state index in [1.54, 1.807) is 28.9 Å². The highest BCUT2D eigenvalue weighted by atomic mass is 32.1. The topological polar surface area (TPSA) is 97.4 Å². The molecule has 1 unspecified atom stereocenters. The summed E-state index contributed by atoms with van der Waals surface area (Å²) >= 11 is 1.38. The number of halogens is 1. The number of phenols is 1. The summed E-state index contributed by atoms with van der Waals surface area (Å²) < 4.78 is 30.7. The SMILES string of the molecule is COc1cc(-c2csc3nc(-c4cn5c6c(c(N7CCN(C)CC7)c(F)cc6c4=O)OCC5C)nn23)ccc1O. The molecule has 206 valence electrons. The Morgan fingerprint density at radius 3 is 2.77 bits per heavy atom. The van der Waals surface area contributed by atoms with Crippen LogP contribution in [0, 0.1) is 5.82 Å². The third-order valence-electron chi connectivity index (χ3n) is 7.76. The lowest BCUT2D eigenvalue weighted by atomic mass is 10.0. The minimum atomic E-state index is -0.468. The molecule has 10 nitrogen and oxygen atoms in total. The number of benzene rings is 2. The number of nitrogens with zero attached hydrogens (tertiary/aromatic N) is 6. The summed E-state index contributed by atoms with van der Waals surface area (Å²) in [4.78, 5) is 23.3. The molecule has 0 amide bonds. The standard InChI is InChI=1S/C28H27FN6O4S/c1-15-13-39-26-23-17(11-19(29)24(26)33-8-6-32(2)7-9-33)25(37)18(12-34(15)23)27-30-28-35(31-27)20(14-40-28)16-4-5-21(36)22(10-16)38-3/h4-5,10-12,14-15,36H,6-9,13H2,1-3H3. The number of piperazine rings is 1. The molecule has 12 heteroatoms. The van der Waals surface area contributed by atoms with Crippen LogP contribution >= 0.6 is 11.3 Å². The molecule has 0 radical (unpaired) electrons. The second-order valence-electron chi connectivity index (χ2n) is 10.3. The molecule has 1 saturated heterocycles. The number of anilines is 1. The van der Waals surface area contributed by atoms with E-state index in [1.165, 1.54) is 24.5 Å². The van der Waals surface area contributed by atoms with Crippen LogP contribution in [0.25, 0.3) is 38.5 Å². The molecule has 2 aliphatic rings. The molecule has 5 aromatic rings. The van der Waals surface area contributed by atoms with Crippen molar-refractivity contribution in [1.82, 2.24) is 24.1 Å². The minimum absolute atomic E-state index is 0.0376. The quantitative estimate of drug-likeness (QED) is 0.351. The van der Waals surface area contributed by atoms with Crippen molar-refractivity contribution in [3.8, 4) is 39.9 Å². The second-order valence-corrected chi connectivity index (χ2v) is 11.1. The van der Waals surface area contributed by atoms with Gasteiger partial charge < -0.3 is 28.9 Å². The van der Waals surface area contributed by atoms with E-state index in [0.717, 1.165) is 24.3 Å². The van der Waals surface area contributed by atoms with Gasteiger partial charge in [-0.2, -0.15) is 4.98 Å². The van der Waals surface area contributed by atoms with Crippen LogP contribution in [0.2, 0.25) is 0 Å². The molecule has 0 saturated carbocycles. The number of ether oxygens (including phenoxy) is 2. The van der Waals surface area contributed by atoms with Crippen molar-refractivity contribution in [3.63, 3.8) is 0 Å². The highest BCUT2D eigenvalue weighted by Crippen LogP contribution is 2.42. The number of aromatic hydroxyl groups is 1. The smallest absolute Gasteiger partial charge is 0.213 e. The predicted molar refractivity (Wildman–Crippen MR) is 152 cm³/mol. The highest BCUT2D eigenvalue weighted by Gasteiger charge is 2.31. The molecule has 2 aliphatic heterocycles. The summed E-state index contributed by atoms with van der Waals surface area (Å²) in [6.07, 6.45) is 1.77. The Hall–Kier alpha value is -4.16. The lowest BCUT2D eigenvalue weighted by molar-refractivity contribution is 0.245. The van der Waals surface area contributed by atoms with Gasteiger partial charge in [0.1, 0.15) is 12.3 Å². The van der Waals surface area contributed by atoms with E-state index >= 15 is 4.39 Å². The Morgan fingerprint density at radius 2 is 2.00 bits per heavy atom. The molecule has 5 heterocycles. The molecule has 0 aliphatic carbocycles. The molecular weight excluding hydrogens is 535 g/mol. The van der Waals surface area contributed by atoms with Crippen molar-refractivity contribution in [2.45, 2.75) is 13.0 Å². The number of pyridine rings is 1. The van der Waals surface area contributed by atoms with Gasteiger partial charge in [0.2, 0.25) is 10.4 Å². The lowest BCUT2D eigenvalue weighted by Gasteiger charge is -2.37. The van der Waals surface area contributed by atoms with Crippen LogP contribution in [0.4, 0.5) is 10.1 Å². The van der Waals surface area contributed by atoms with Crippen molar-refractivity contribution in [3.05, 3.63) is 51.9 Å². The van der Waals surface area contributed by atoms with Crippen LogP contribution in [0.5, 0.6) is 17.2 Å². The Kier molecular flexibility index (Phi) is 5.72. The maximum Gasteiger partial charge on any atom is 0.213 e. The first-order chi connectivity index (χ1) is 19.3. The van der Waals surface area contributed by atoms with Crippen molar-refractivity contribution in [2.75, 3.05) is 51.8 Å². The number of phenolic OH excluding ortho intramolecular Hbond substituents is 1. The summed E-state index contributed by atoms with van der Waals surface area (Å²) in [7, 11) is 3.54. The fraction of sp³-hybridized carbons (Fsp3) is 0.321. The predicted octanol–water partition coefficient (Wildman–Crippen LogP) is 4.00. The van der Waals surface area contributed by atoms with Gasteiger partial charge in [-0.1, -0.05) is 0 Å². The maximum absolute atomic E-state index is 15.7. The fourth-order valence-electron chi connectivity index (χ4n) is 5.53. The zero-order valence-corrected chi connectivity index (χ0v) is 23.0. The first-order valence-electron chi connectivity index (χ1n) is 13.0. The Bertz CT molecular complexity index is 1860. The van der Waals surface area contributed by atoms with Gasteiger partial charge in [-0.05, 0) is 38.2 Å². The van der Waals surface area contributed by atoms with Crippen LogP contribution < -0.4 is 19.8 Å². The molecule has 0 bridgehead atoms. The molecule has 1 N–H and O–H groups in total. The Morgan fingerprint density at radius 1 is 1.20 bits per heavy atom. The van der Waals surface area contributed by atoms with Crippen LogP contribution in [0.15, 0.2) is 40.6 Å². The molecule has 1 fully saturated rings. The van der Waals surface area contributed by atoms with Gasteiger partial charge in [-0.25, -0.2) is 8.91 Å². The maximum atomic E-state index is 15.7. The van der Waals surface area contributed by atoms with Crippen molar-refractivity contribution >= 4 is 32.9 Å². The third kappa shape index (κ3) is 3.74. The van der Waals surface area contributed by atoms with E-state index in [4.69, 9.17) is 9.47 Å². The molecule has 1 atom stereocenters. The fourth-order valence-corrected chi connectivity index (χ4v) is 6.36. The number of aromatic nitrogens is 4. The van der Waals surface area contributed by atoms with Crippen LogP contribution in [-0.4, -0.2) is 76.1 Å². The van der Waals surface area contributed by atoms with Gasteiger partial charge in [-0.3, -0.25) is 4.79 Å². The number of likely N-dealkylation sites (N-methyl/N-ethyl adjacent to an activating group) is 1. The van der Waals surface area contributed by atoms with Gasteiger partial charge in [0.25, 0.3) is 0 Å². The molecule has 3 aromatic heterocycles. The van der Waals surface area contributed by atoms with Crippen molar-refractivity contribution in [1.29, 1.82) is 0 Å². The van der Waals surface area contributed by atoms with E-state index in [2.05, 4.69) is 15.0 Å². The van der Waals surface area contributed by atoms with E-state index in [1.807, 2.05) is 28.8 Å². The molecule has 40 heavy (non-hydrogen) atoms. The Balaban J connectivity index is 1.38. The lowest BCUT2D eigenvalue weighted by Crippen LogP contribution is -2.45. The summed E-state index contributed by atoms with van der Waals surface area (Å²) in [5.74, 6) is 0.594. The Labute approximate surface area is 232 Å². The minimum Gasteiger partial charge on any atom is -0.504 e. The first kappa shape index (κ1) is 24.9. The van der Waals surface area contributed by atoms with Gasteiger partial charge in [-0.15, -0.1) is 16.4 Å². The zero-order valence-electron chi connectivity index (χ0n) is 22.2. The van der Waals surface area contributed by atoms with E-state index in [0.29, 0.717) is 52.9 Å². The van der Waals surface area contributed by atoms with Crippen LogP contribution in [-0.2, 0) is 0 Å². The zero-order chi connectivity index (χ0) is 27.7. The number of methoxy groups -OCH3 is 1. The van der Waals surface area contributed by atoms with Gasteiger partial charge >= 0.3 is 0 Å². The number of fused-ring (bicyclic) bond motifs is 1. The molecular formula is C28H27FN6O4S. The summed E-state index contributed by atoms with van der Waals surface area (Å²) in [5, 5.41) is 16.8. The average Bonchev–Trinajstić information content (AvgIpc) is 3.54. The van der Waals surface area contributed by atoms with Gasteiger partial charge in [0, 0.05) is 43.3 Å². The number of hydrogen-bond acceptors (Lipinski definition) is 9. The number of thiazole rings is 1. The second kappa shape index (κ2) is 9.20. The average molecular weight is 563 g/mol. The van der Waals surface area contributed by atoms with Crippen LogP contribution in [0.3, 0.4) is 0 Å². The van der Waals surface area contributed by atoms with Gasteiger partial charge in [0.15, 0.2) is 28.9 Å². The summed E-state index contributed by atoms with van der Waals surface area (Å²) in [5.41, 5.74) is 2.48. The number of rotatable bonds is 4. The normalized spacial score (nSPS) is 17.5. The van der Waals surface area contributed by atoms with Crippen molar-refractivity contribution in [2.24, 2.45) is 0 Å². The van der Waals surface area contributed by atoms with E-state index in [9.17, 15) is 9.90 Å². The molecule has 2 aromatic carbocycles.